The van der Waals surface area contributed by atoms with Crippen molar-refractivity contribution in [3.63, 3.8) is 0 Å². The first-order valence-electron chi connectivity index (χ1n) is 11.2. The number of rotatable bonds is 6. The maximum atomic E-state index is 12.6. The Morgan fingerprint density at radius 2 is 1.64 bits per heavy atom. The van der Waals surface area contributed by atoms with Crippen LogP contribution in [0.1, 0.15) is 24.0 Å². The second-order valence-corrected chi connectivity index (χ2v) is 8.43. The molecule has 0 saturated heterocycles. The lowest BCUT2D eigenvalue weighted by Gasteiger charge is -2.27. The van der Waals surface area contributed by atoms with Crippen molar-refractivity contribution in [1.29, 1.82) is 0 Å². The molecule has 33 heavy (non-hydrogen) atoms. The third-order valence-electron chi connectivity index (χ3n) is 5.84. The van der Waals surface area contributed by atoms with Gasteiger partial charge >= 0.3 is 0 Å². The van der Waals surface area contributed by atoms with Crippen molar-refractivity contribution >= 4 is 23.2 Å². The third kappa shape index (κ3) is 5.89. The fourth-order valence-electron chi connectivity index (χ4n) is 3.88. The topological polar surface area (TPSA) is 61.4 Å². The zero-order chi connectivity index (χ0) is 23.2. The van der Waals surface area contributed by atoms with Crippen LogP contribution in [0, 0.1) is 13.8 Å². The molecule has 3 aromatic carbocycles. The number of amides is 2. The molecule has 2 N–H and O–H groups in total. The lowest BCUT2D eigenvalue weighted by Crippen LogP contribution is -2.37. The highest BCUT2D eigenvalue weighted by Gasteiger charge is 2.20. The van der Waals surface area contributed by atoms with Crippen LogP contribution >= 0.6 is 0 Å². The van der Waals surface area contributed by atoms with E-state index in [1.807, 2.05) is 60.7 Å². The molecular weight excluding hydrogens is 410 g/mol. The number of benzene rings is 3. The molecule has 0 bridgehead atoms. The Balaban J connectivity index is 1.28. The molecule has 4 rings (SSSR count). The van der Waals surface area contributed by atoms with E-state index in [0.717, 1.165) is 28.9 Å². The largest absolute Gasteiger partial charge is 0.359 e. The van der Waals surface area contributed by atoms with Gasteiger partial charge in [0, 0.05) is 36.6 Å². The second-order valence-electron chi connectivity index (χ2n) is 8.43. The van der Waals surface area contributed by atoms with Gasteiger partial charge in [-0.25, -0.2) is 0 Å². The number of aryl methyl sites for hydroxylation is 2. The van der Waals surface area contributed by atoms with Gasteiger partial charge in [0.2, 0.25) is 11.8 Å². The van der Waals surface area contributed by atoms with Crippen molar-refractivity contribution in [2.24, 2.45) is 0 Å². The van der Waals surface area contributed by atoms with E-state index in [4.69, 9.17) is 0 Å². The SMILES string of the molecule is Cc1ccc(C)c(NC2=CCN(C(=O)CC(=O)Nc3ccc(-c4ccccc4)cc3)CC2)c1. The summed E-state index contributed by atoms with van der Waals surface area (Å²) in [5.41, 5.74) is 7.48. The molecule has 0 saturated carbocycles. The lowest BCUT2D eigenvalue weighted by atomic mass is 10.1. The summed E-state index contributed by atoms with van der Waals surface area (Å²) in [5, 5.41) is 6.31. The van der Waals surface area contributed by atoms with Crippen molar-refractivity contribution in [3.05, 3.63) is 95.7 Å². The number of nitrogens with zero attached hydrogens (tertiary/aromatic N) is 1. The Kier molecular flexibility index (Phi) is 6.89. The van der Waals surface area contributed by atoms with Gasteiger partial charge in [0.1, 0.15) is 6.42 Å². The van der Waals surface area contributed by atoms with Gasteiger partial charge in [-0.05, 0) is 60.4 Å². The van der Waals surface area contributed by atoms with Crippen LogP contribution in [0.4, 0.5) is 11.4 Å². The molecule has 3 aromatic rings. The summed E-state index contributed by atoms with van der Waals surface area (Å²) in [7, 11) is 0. The van der Waals surface area contributed by atoms with E-state index in [9.17, 15) is 9.59 Å². The smallest absolute Gasteiger partial charge is 0.233 e. The van der Waals surface area contributed by atoms with Crippen LogP contribution in [-0.4, -0.2) is 29.8 Å². The average molecular weight is 440 g/mol. The van der Waals surface area contributed by atoms with Crippen LogP contribution in [0.25, 0.3) is 11.1 Å². The second kappa shape index (κ2) is 10.2. The van der Waals surface area contributed by atoms with Gasteiger partial charge in [-0.1, -0.05) is 54.6 Å². The molecule has 5 heteroatoms. The maximum absolute atomic E-state index is 12.6. The molecule has 0 atom stereocenters. The Morgan fingerprint density at radius 3 is 2.33 bits per heavy atom. The fraction of sp³-hybridized carbons (Fsp3) is 0.214. The molecule has 1 heterocycles. The van der Waals surface area contributed by atoms with Crippen LogP contribution in [0.3, 0.4) is 0 Å². The maximum Gasteiger partial charge on any atom is 0.233 e. The molecule has 0 radical (unpaired) electrons. The van der Waals surface area contributed by atoms with Crippen molar-refractivity contribution < 1.29 is 9.59 Å². The monoisotopic (exact) mass is 439 g/mol. The first-order chi connectivity index (χ1) is 16.0. The minimum Gasteiger partial charge on any atom is -0.359 e. The normalized spacial score (nSPS) is 13.3. The Labute approximate surface area is 195 Å². The molecule has 1 aliphatic rings. The highest BCUT2D eigenvalue weighted by atomic mass is 16.2. The zero-order valence-electron chi connectivity index (χ0n) is 19.1. The van der Waals surface area contributed by atoms with Gasteiger partial charge in [-0.3, -0.25) is 9.59 Å². The summed E-state index contributed by atoms with van der Waals surface area (Å²) in [5.74, 6) is -0.453. The predicted octanol–water partition coefficient (Wildman–Crippen LogP) is 5.53. The summed E-state index contributed by atoms with van der Waals surface area (Å²) in [6.45, 7) is 5.25. The summed E-state index contributed by atoms with van der Waals surface area (Å²) < 4.78 is 0. The first kappa shape index (κ1) is 22.3. The van der Waals surface area contributed by atoms with E-state index in [0.29, 0.717) is 18.8 Å². The molecule has 0 aliphatic carbocycles. The van der Waals surface area contributed by atoms with E-state index in [1.54, 1.807) is 4.90 Å². The third-order valence-corrected chi connectivity index (χ3v) is 5.84. The predicted molar refractivity (Wildman–Crippen MR) is 134 cm³/mol. The number of hydrogen-bond acceptors (Lipinski definition) is 3. The van der Waals surface area contributed by atoms with Gasteiger partial charge in [-0.15, -0.1) is 0 Å². The molecule has 0 aromatic heterocycles. The van der Waals surface area contributed by atoms with Crippen LogP contribution in [0.15, 0.2) is 84.6 Å². The molecule has 168 valence electrons. The number of anilines is 2. The average Bonchev–Trinajstić information content (AvgIpc) is 2.83. The quantitative estimate of drug-likeness (QED) is 0.497. The van der Waals surface area contributed by atoms with E-state index >= 15 is 0 Å². The van der Waals surface area contributed by atoms with Crippen molar-refractivity contribution in [2.75, 3.05) is 23.7 Å². The molecular formula is C28H29N3O2. The Bertz CT molecular complexity index is 1170. The zero-order valence-corrected chi connectivity index (χ0v) is 19.1. The van der Waals surface area contributed by atoms with Crippen LogP contribution in [-0.2, 0) is 9.59 Å². The molecule has 2 amide bonds. The summed E-state index contributed by atoms with van der Waals surface area (Å²) in [6, 6.07) is 24.0. The number of carbonyl (C=O) groups is 2. The molecule has 5 nitrogen and oxygen atoms in total. The standard InChI is InChI=1S/C28H29N3O2/c1-20-8-9-21(2)26(18-20)29-25-14-16-31(17-15-25)28(33)19-27(32)30-24-12-10-23(11-13-24)22-6-4-3-5-7-22/h3-14,18,29H,15-17,19H2,1-2H3,(H,30,32). The Hall–Kier alpha value is -3.86. The molecule has 1 aliphatic heterocycles. The van der Waals surface area contributed by atoms with Gasteiger partial charge in [0.15, 0.2) is 0 Å². The highest BCUT2D eigenvalue weighted by molar-refractivity contribution is 6.03. The lowest BCUT2D eigenvalue weighted by molar-refractivity contribution is -0.134. The van der Waals surface area contributed by atoms with E-state index < -0.39 is 0 Å². The number of hydrogen-bond donors (Lipinski definition) is 2. The fourth-order valence-corrected chi connectivity index (χ4v) is 3.88. The molecule has 0 fully saturated rings. The van der Waals surface area contributed by atoms with Gasteiger partial charge < -0.3 is 15.5 Å². The number of nitrogens with one attached hydrogen (secondary N) is 2. The highest BCUT2D eigenvalue weighted by Crippen LogP contribution is 2.22. The Morgan fingerprint density at radius 1 is 0.909 bits per heavy atom. The van der Waals surface area contributed by atoms with E-state index in [-0.39, 0.29) is 18.2 Å². The molecule has 0 unspecified atom stereocenters. The minimum atomic E-state index is -0.296. The summed E-state index contributed by atoms with van der Waals surface area (Å²) in [6.07, 6.45) is 2.61. The van der Waals surface area contributed by atoms with E-state index in [2.05, 4.69) is 42.7 Å². The van der Waals surface area contributed by atoms with Gasteiger partial charge in [0.05, 0.1) is 0 Å². The van der Waals surface area contributed by atoms with Gasteiger partial charge in [0.25, 0.3) is 0 Å². The number of carbonyl (C=O) groups excluding carboxylic acids is 2. The van der Waals surface area contributed by atoms with Gasteiger partial charge in [-0.2, -0.15) is 0 Å². The van der Waals surface area contributed by atoms with Crippen LogP contribution < -0.4 is 10.6 Å². The van der Waals surface area contributed by atoms with Crippen molar-refractivity contribution in [1.82, 2.24) is 4.90 Å². The first-order valence-corrected chi connectivity index (χ1v) is 11.2. The van der Waals surface area contributed by atoms with Crippen molar-refractivity contribution in [2.45, 2.75) is 26.7 Å². The van der Waals surface area contributed by atoms with E-state index in [1.165, 1.54) is 11.1 Å². The summed E-state index contributed by atoms with van der Waals surface area (Å²) in [4.78, 5) is 26.8. The minimum absolute atomic E-state index is 0.157. The summed E-state index contributed by atoms with van der Waals surface area (Å²) >= 11 is 0. The molecule has 0 spiro atoms. The van der Waals surface area contributed by atoms with Crippen LogP contribution in [0.2, 0.25) is 0 Å². The van der Waals surface area contributed by atoms with Crippen molar-refractivity contribution in [3.8, 4) is 11.1 Å². The van der Waals surface area contributed by atoms with Crippen LogP contribution in [0.5, 0.6) is 0 Å².